The van der Waals surface area contributed by atoms with Crippen LogP contribution >= 0.6 is 7.80 Å². The van der Waals surface area contributed by atoms with Crippen molar-refractivity contribution in [1.29, 1.82) is 0 Å². The lowest BCUT2D eigenvalue weighted by Gasteiger charge is -2.12. The predicted molar refractivity (Wildman–Crippen MR) is 54.3 cm³/mol. The van der Waals surface area contributed by atoms with Gasteiger partial charge in [0.15, 0.2) is 5.66 Å². The molecular weight excluding hydrogens is 167 g/mol. The minimum Gasteiger partial charge on any atom is -0.0745 e. The molecule has 1 rings (SSSR count). The van der Waals surface area contributed by atoms with Crippen LogP contribution in [-0.2, 0) is 4.57 Å². The van der Waals surface area contributed by atoms with E-state index >= 15 is 0 Å². The lowest BCUT2D eigenvalue weighted by molar-refractivity contribution is 0.490. The van der Waals surface area contributed by atoms with Crippen LogP contribution in [0.5, 0.6) is 0 Å². The molecular formula is C10H20OP+. The van der Waals surface area contributed by atoms with Crippen LogP contribution < -0.4 is 0 Å². The van der Waals surface area contributed by atoms with Crippen molar-refractivity contribution >= 4 is 7.80 Å². The van der Waals surface area contributed by atoms with Crippen LogP contribution in [0.15, 0.2) is 0 Å². The summed E-state index contributed by atoms with van der Waals surface area (Å²) >= 11 is 0. The summed E-state index contributed by atoms with van der Waals surface area (Å²) in [5.41, 5.74) is 0.584. The highest BCUT2D eigenvalue weighted by atomic mass is 31.1. The van der Waals surface area contributed by atoms with Gasteiger partial charge in [-0.2, -0.15) is 0 Å². The minimum absolute atomic E-state index is 0.584. The third-order valence-electron chi connectivity index (χ3n) is 2.71. The Balaban J connectivity index is 2.20. The summed E-state index contributed by atoms with van der Waals surface area (Å²) in [4.78, 5) is 0. The average molecular weight is 187 g/mol. The Morgan fingerprint density at radius 2 is 1.92 bits per heavy atom. The molecule has 1 aliphatic carbocycles. The predicted octanol–water partition coefficient (Wildman–Crippen LogP) is 3.95. The molecule has 1 saturated carbocycles. The maximum atomic E-state index is 11.7. The molecule has 1 aliphatic rings. The topological polar surface area (TPSA) is 17.1 Å². The summed E-state index contributed by atoms with van der Waals surface area (Å²) in [6, 6.07) is 0. The number of unbranched alkanes of at least 4 members (excludes halogenated alkanes) is 1. The zero-order valence-electron chi connectivity index (χ0n) is 8.09. The highest BCUT2D eigenvalue weighted by Gasteiger charge is 2.30. The van der Waals surface area contributed by atoms with E-state index in [0.29, 0.717) is 5.66 Å². The van der Waals surface area contributed by atoms with Crippen LogP contribution in [-0.4, -0.2) is 11.8 Å². The van der Waals surface area contributed by atoms with Crippen molar-refractivity contribution in [1.82, 2.24) is 0 Å². The highest BCUT2D eigenvalue weighted by molar-refractivity contribution is 7.45. The summed E-state index contributed by atoms with van der Waals surface area (Å²) in [6.45, 7) is 2.17. The lowest BCUT2D eigenvalue weighted by Crippen LogP contribution is -2.08. The van der Waals surface area contributed by atoms with Crippen LogP contribution in [0.1, 0.15) is 51.9 Å². The second kappa shape index (κ2) is 5.70. The third kappa shape index (κ3) is 3.23. The third-order valence-corrected chi connectivity index (χ3v) is 4.80. The van der Waals surface area contributed by atoms with E-state index in [1.807, 2.05) is 0 Å². The Labute approximate surface area is 76.7 Å². The zero-order chi connectivity index (χ0) is 8.81. The standard InChI is InChI=1S/C10H20OP/c1-2-3-9-12(11)10-7-5-4-6-8-10/h10H,2-9H2,1H3/q+1. The monoisotopic (exact) mass is 187 g/mol. The van der Waals surface area contributed by atoms with Crippen LogP contribution in [0.2, 0.25) is 0 Å². The summed E-state index contributed by atoms with van der Waals surface area (Å²) in [5.74, 6) is 0. The van der Waals surface area contributed by atoms with E-state index in [-0.39, 0.29) is 0 Å². The molecule has 0 saturated heterocycles. The fraction of sp³-hybridized carbons (Fsp3) is 1.00. The first kappa shape index (κ1) is 10.2. The Morgan fingerprint density at radius 1 is 1.25 bits per heavy atom. The first-order valence-corrected chi connectivity index (χ1v) is 6.79. The van der Waals surface area contributed by atoms with Gasteiger partial charge in [0.1, 0.15) is 6.16 Å². The number of hydrogen-bond acceptors (Lipinski definition) is 1. The van der Waals surface area contributed by atoms with E-state index in [2.05, 4.69) is 6.92 Å². The molecule has 0 aromatic heterocycles. The molecule has 0 heterocycles. The van der Waals surface area contributed by atoms with Gasteiger partial charge in [-0.1, -0.05) is 24.3 Å². The van der Waals surface area contributed by atoms with Crippen molar-refractivity contribution in [2.24, 2.45) is 0 Å². The summed E-state index contributed by atoms with van der Waals surface area (Å²) in [6.07, 6.45) is 9.80. The molecule has 0 aliphatic heterocycles. The van der Waals surface area contributed by atoms with Gasteiger partial charge in [0.2, 0.25) is 0 Å². The zero-order valence-corrected chi connectivity index (χ0v) is 8.98. The van der Waals surface area contributed by atoms with Crippen molar-refractivity contribution in [2.75, 3.05) is 6.16 Å². The van der Waals surface area contributed by atoms with E-state index in [1.54, 1.807) is 0 Å². The molecule has 1 nitrogen and oxygen atoms in total. The van der Waals surface area contributed by atoms with Gasteiger partial charge in [0.25, 0.3) is 0 Å². The lowest BCUT2D eigenvalue weighted by atomic mass is 10.0. The van der Waals surface area contributed by atoms with Crippen LogP contribution in [0.25, 0.3) is 0 Å². The van der Waals surface area contributed by atoms with Gasteiger partial charge in [0.05, 0.1) is 0 Å². The molecule has 1 unspecified atom stereocenters. The Bertz CT molecular complexity index is 139. The van der Waals surface area contributed by atoms with Crippen molar-refractivity contribution in [3.8, 4) is 0 Å². The molecule has 1 fully saturated rings. The summed E-state index contributed by atoms with van der Waals surface area (Å²) in [5, 5.41) is 0. The summed E-state index contributed by atoms with van der Waals surface area (Å²) < 4.78 is 11.7. The van der Waals surface area contributed by atoms with Crippen molar-refractivity contribution in [2.45, 2.75) is 57.5 Å². The fourth-order valence-corrected chi connectivity index (χ4v) is 3.80. The van der Waals surface area contributed by atoms with E-state index in [9.17, 15) is 4.57 Å². The molecule has 0 radical (unpaired) electrons. The van der Waals surface area contributed by atoms with E-state index in [0.717, 1.165) is 12.6 Å². The highest BCUT2D eigenvalue weighted by Crippen LogP contribution is 2.38. The minimum atomic E-state index is -0.855. The number of rotatable bonds is 4. The van der Waals surface area contributed by atoms with Crippen LogP contribution in [0.4, 0.5) is 0 Å². The molecule has 12 heavy (non-hydrogen) atoms. The maximum Gasteiger partial charge on any atom is 0.341 e. The van der Waals surface area contributed by atoms with Gasteiger partial charge in [-0.3, -0.25) is 0 Å². The average Bonchev–Trinajstić information content (AvgIpc) is 2.15. The molecule has 1 atom stereocenters. The molecule has 0 bridgehead atoms. The SMILES string of the molecule is CCCC[P+](=O)C1CCCCC1. The Hall–Kier alpha value is 0.100. The molecule has 2 heteroatoms. The van der Waals surface area contributed by atoms with Gasteiger partial charge in [-0.15, -0.1) is 0 Å². The molecule has 0 N–H and O–H groups in total. The van der Waals surface area contributed by atoms with Crippen molar-refractivity contribution in [3.63, 3.8) is 0 Å². The largest absolute Gasteiger partial charge is 0.341 e. The normalized spacial score (nSPS) is 20.9. The Morgan fingerprint density at radius 3 is 2.50 bits per heavy atom. The van der Waals surface area contributed by atoms with Crippen molar-refractivity contribution < 1.29 is 4.57 Å². The first-order valence-electron chi connectivity index (χ1n) is 5.28. The second-order valence-corrected chi connectivity index (χ2v) is 5.80. The second-order valence-electron chi connectivity index (χ2n) is 3.79. The van der Waals surface area contributed by atoms with Gasteiger partial charge in [-0.25, -0.2) is 0 Å². The molecule has 70 valence electrons. The van der Waals surface area contributed by atoms with Gasteiger partial charge >= 0.3 is 7.80 Å². The van der Waals surface area contributed by atoms with E-state index < -0.39 is 7.80 Å². The Kier molecular flexibility index (Phi) is 4.83. The van der Waals surface area contributed by atoms with Gasteiger partial charge in [0, 0.05) is 0 Å². The van der Waals surface area contributed by atoms with Crippen LogP contribution in [0, 0.1) is 0 Å². The fourth-order valence-electron chi connectivity index (χ4n) is 1.87. The quantitative estimate of drug-likeness (QED) is 0.609. The maximum absolute atomic E-state index is 11.7. The molecule has 0 aromatic rings. The van der Waals surface area contributed by atoms with Gasteiger partial charge < -0.3 is 0 Å². The van der Waals surface area contributed by atoms with E-state index in [1.165, 1.54) is 38.5 Å². The first-order chi connectivity index (χ1) is 5.84. The van der Waals surface area contributed by atoms with Crippen molar-refractivity contribution in [3.05, 3.63) is 0 Å². The molecule has 0 spiro atoms. The van der Waals surface area contributed by atoms with E-state index in [4.69, 9.17) is 0 Å². The van der Waals surface area contributed by atoms with Crippen LogP contribution in [0.3, 0.4) is 0 Å². The molecule has 0 amide bonds. The molecule has 0 aromatic carbocycles. The van der Waals surface area contributed by atoms with Gasteiger partial charge in [-0.05, 0) is 32.1 Å². The smallest absolute Gasteiger partial charge is 0.0745 e. The number of hydrogen-bond donors (Lipinski definition) is 0. The summed E-state index contributed by atoms with van der Waals surface area (Å²) in [7, 11) is -0.855.